The van der Waals surface area contributed by atoms with Crippen molar-refractivity contribution in [3.8, 4) is 6.07 Å². The summed E-state index contributed by atoms with van der Waals surface area (Å²) in [5.74, 6) is 0. The Labute approximate surface area is 131 Å². The first-order valence-corrected chi connectivity index (χ1v) is 7.14. The van der Waals surface area contributed by atoms with Crippen LogP contribution in [0.25, 0.3) is 0 Å². The van der Waals surface area contributed by atoms with E-state index in [1.807, 2.05) is 0 Å². The predicted octanol–water partition coefficient (Wildman–Crippen LogP) is 6.22. The summed E-state index contributed by atoms with van der Waals surface area (Å²) in [6.45, 7) is 1.43. The fourth-order valence-electron chi connectivity index (χ4n) is 0. The van der Waals surface area contributed by atoms with Crippen molar-refractivity contribution in [2.24, 2.45) is 0 Å². The van der Waals surface area contributed by atoms with Gasteiger partial charge in [0.15, 0.2) is 0 Å². The first-order valence-electron chi connectivity index (χ1n) is 2.86. The van der Waals surface area contributed by atoms with E-state index in [2.05, 4.69) is 0 Å². The van der Waals surface area contributed by atoms with Crippen LogP contribution in [0, 0.1) is 11.3 Å². The number of nitriles is 1. The number of nitrogens with zero attached hydrogens (tertiary/aromatic N) is 1. The van der Waals surface area contributed by atoms with Gasteiger partial charge in [0.1, 0.15) is 0 Å². The van der Waals surface area contributed by atoms with Crippen molar-refractivity contribution in [1.82, 2.24) is 0 Å². The quantitative estimate of drug-likeness (QED) is 0.458. The highest BCUT2D eigenvalue weighted by Gasteiger charge is 1.42. The molecule has 1 nitrogen and oxygen atoms in total. The fourth-order valence-corrected chi connectivity index (χ4v) is 0. The van der Waals surface area contributed by atoms with Crippen molar-refractivity contribution in [3.05, 3.63) is 0 Å². The Bertz CT molecular complexity index is 68.0. The molecule has 0 amide bonds. The van der Waals surface area contributed by atoms with Gasteiger partial charge in [-0.25, -0.2) is 0 Å². The monoisotopic (exact) mass is 377 g/mol. The molecule has 0 unspecified atom stereocenters. The molecule has 0 aromatic carbocycles. The Kier molecular flexibility index (Phi) is 150. The zero-order valence-corrected chi connectivity index (χ0v) is 13.8. The van der Waals surface area contributed by atoms with E-state index in [0.29, 0.717) is 0 Å². The van der Waals surface area contributed by atoms with Crippen LogP contribution >= 0.6 is 92.8 Å². The predicted molar refractivity (Wildman–Crippen MR) is 77.6 cm³/mol. The maximum absolute atomic E-state index is 7.32. The highest BCUT2D eigenvalue weighted by atomic mass is 35.5. The Hall–Kier alpha value is 1.81. The molecule has 0 saturated carbocycles. The molecule has 0 bridgehead atoms. The van der Waals surface area contributed by atoms with Crippen molar-refractivity contribution in [1.29, 1.82) is 5.26 Å². The molecule has 0 spiro atoms. The highest BCUT2D eigenvalue weighted by Crippen LogP contribution is 1.74. The molecule has 0 aliphatic rings. The Balaban J connectivity index is -0.0000000278. The third kappa shape index (κ3) is 920. The van der Waals surface area contributed by atoms with E-state index >= 15 is 0 Å². The molecule has 0 rings (SSSR count). The summed E-state index contributed by atoms with van der Waals surface area (Å²) in [4.78, 5) is 0. The van der Waals surface area contributed by atoms with Gasteiger partial charge in [0, 0.05) is 6.92 Å². The molecule has 96 valence electrons. The largest absolute Gasteiger partial charge is 0.199 e. The number of halogens is 8. The van der Waals surface area contributed by atoms with Gasteiger partial charge in [0.05, 0.1) is 27.4 Å². The van der Waals surface area contributed by atoms with Crippen LogP contribution in [0.15, 0.2) is 0 Å². The molecule has 0 saturated heterocycles. The Morgan fingerprint density at radius 1 is 0.667 bits per heavy atom. The van der Waals surface area contributed by atoms with Gasteiger partial charge in [-0.2, -0.15) is 5.26 Å². The van der Waals surface area contributed by atoms with Crippen molar-refractivity contribution >= 4 is 92.8 Å². The molecule has 0 atom stereocenters. The standard InChI is InChI=1S/C2H3N.4CH2Cl2/c1-2-3;4*2-1-3/h1H3;4*1H2. The Morgan fingerprint density at radius 3 is 0.667 bits per heavy atom. The lowest BCUT2D eigenvalue weighted by Crippen LogP contribution is -1.24. The first kappa shape index (κ1) is 30.1. The SMILES string of the molecule is CC#N.ClCCl.ClCCl.ClCCl.ClCCl. The maximum Gasteiger partial charge on any atom is 0.0967 e. The van der Waals surface area contributed by atoms with Gasteiger partial charge in [-0.1, -0.05) is 0 Å². The number of rotatable bonds is 0. The van der Waals surface area contributed by atoms with Gasteiger partial charge in [-0.05, 0) is 0 Å². The van der Waals surface area contributed by atoms with Gasteiger partial charge >= 0.3 is 0 Å². The lowest BCUT2D eigenvalue weighted by Gasteiger charge is -1.42. The summed E-state index contributed by atoms with van der Waals surface area (Å²) in [5, 5.41) is 8.10. The minimum absolute atomic E-state index is 0.194. The summed E-state index contributed by atoms with van der Waals surface area (Å²) >= 11 is 38.1. The van der Waals surface area contributed by atoms with Crippen molar-refractivity contribution in [2.75, 3.05) is 21.4 Å². The number of hydrogen-bond acceptors (Lipinski definition) is 1. The van der Waals surface area contributed by atoms with Crippen LogP contribution in [-0.2, 0) is 0 Å². The molecule has 0 aromatic heterocycles. The Morgan fingerprint density at radius 2 is 0.667 bits per heavy atom. The third-order valence-corrected chi connectivity index (χ3v) is 0. The molecule has 9 heteroatoms. The molecule has 0 radical (unpaired) electrons. The van der Waals surface area contributed by atoms with E-state index in [-0.39, 0.29) is 21.4 Å². The topological polar surface area (TPSA) is 23.8 Å². The van der Waals surface area contributed by atoms with Crippen LogP contribution in [0.2, 0.25) is 0 Å². The van der Waals surface area contributed by atoms with Gasteiger partial charge < -0.3 is 0 Å². The summed E-state index contributed by atoms with van der Waals surface area (Å²) in [5.41, 5.74) is 0. The summed E-state index contributed by atoms with van der Waals surface area (Å²) in [6.07, 6.45) is 0. The molecule has 0 N–H and O–H groups in total. The molecule has 0 fully saturated rings. The zero-order valence-electron chi connectivity index (χ0n) is 7.80. The average Bonchev–Trinajstić information content (AvgIpc) is 2.09. The van der Waals surface area contributed by atoms with Gasteiger partial charge in [0.2, 0.25) is 0 Å². The van der Waals surface area contributed by atoms with Crippen LogP contribution in [0.4, 0.5) is 0 Å². The van der Waals surface area contributed by atoms with Gasteiger partial charge in [-0.15, -0.1) is 92.8 Å². The summed E-state index contributed by atoms with van der Waals surface area (Å²) in [7, 11) is 0. The lowest BCUT2D eigenvalue weighted by atomic mass is 11.0. The van der Waals surface area contributed by atoms with Crippen LogP contribution in [0.3, 0.4) is 0 Å². The fraction of sp³-hybridized carbons (Fsp3) is 0.833. The van der Waals surface area contributed by atoms with Crippen molar-refractivity contribution in [3.63, 3.8) is 0 Å². The zero-order chi connectivity index (χ0) is 13.5. The molecular formula is C6H11Cl8N. The van der Waals surface area contributed by atoms with E-state index in [4.69, 9.17) is 98.1 Å². The molecule has 0 aliphatic heterocycles. The average molecular weight is 381 g/mol. The van der Waals surface area contributed by atoms with Crippen molar-refractivity contribution in [2.45, 2.75) is 6.92 Å². The van der Waals surface area contributed by atoms with E-state index in [1.165, 1.54) is 6.92 Å². The van der Waals surface area contributed by atoms with E-state index in [1.54, 1.807) is 6.07 Å². The van der Waals surface area contributed by atoms with Crippen molar-refractivity contribution < 1.29 is 0 Å². The second kappa shape index (κ2) is 74.8. The van der Waals surface area contributed by atoms with Crippen LogP contribution in [0.5, 0.6) is 0 Å². The lowest BCUT2D eigenvalue weighted by molar-refractivity contribution is 1.49. The number of hydrogen-bond donors (Lipinski definition) is 0. The smallest absolute Gasteiger partial charge is 0.0967 e. The molecule has 0 aromatic rings. The van der Waals surface area contributed by atoms with Crippen LogP contribution < -0.4 is 0 Å². The summed E-state index contributed by atoms with van der Waals surface area (Å²) in [6, 6.07) is 1.75. The number of alkyl halides is 8. The van der Waals surface area contributed by atoms with E-state index < -0.39 is 0 Å². The van der Waals surface area contributed by atoms with Gasteiger partial charge in [0.25, 0.3) is 0 Å². The van der Waals surface area contributed by atoms with E-state index in [9.17, 15) is 0 Å². The van der Waals surface area contributed by atoms with Crippen LogP contribution in [-0.4, -0.2) is 21.4 Å². The maximum atomic E-state index is 7.32. The molecular weight excluding hydrogens is 370 g/mol. The van der Waals surface area contributed by atoms with E-state index in [0.717, 1.165) is 0 Å². The highest BCUT2D eigenvalue weighted by molar-refractivity contribution is 6.41. The third-order valence-electron chi connectivity index (χ3n) is 0. The minimum Gasteiger partial charge on any atom is -0.199 e. The summed E-state index contributed by atoms with van der Waals surface area (Å²) < 4.78 is 0. The van der Waals surface area contributed by atoms with Crippen LogP contribution in [0.1, 0.15) is 6.92 Å². The first-order chi connectivity index (χ1) is 7.07. The second-order valence-electron chi connectivity index (χ2n) is 0.628. The molecule has 15 heavy (non-hydrogen) atoms. The van der Waals surface area contributed by atoms with Gasteiger partial charge in [-0.3, -0.25) is 0 Å². The normalized spacial score (nSPS) is 5.33. The molecule has 0 aliphatic carbocycles. The second-order valence-corrected chi connectivity index (χ2v) is 3.86. The molecule has 0 heterocycles. The minimum atomic E-state index is 0.194.